The Labute approximate surface area is 190 Å². The van der Waals surface area contributed by atoms with Crippen LogP contribution in [0.3, 0.4) is 0 Å². The summed E-state index contributed by atoms with van der Waals surface area (Å²) >= 11 is 6.13. The summed E-state index contributed by atoms with van der Waals surface area (Å²) in [6.45, 7) is 0.470. The Bertz CT molecular complexity index is 1350. The number of nitrogens with one attached hydrogen (secondary N) is 3. The van der Waals surface area contributed by atoms with Crippen LogP contribution in [-0.4, -0.2) is 30.8 Å². The molecule has 2 aromatic carbocycles. The molecule has 3 N–H and O–H groups in total. The zero-order valence-electron chi connectivity index (χ0n) is 17.0. The Kier molecular flexibility index (Phi) is 6.55. The van der Waals surface area contributed by atoms with Gasteiger partial charge in [0.05, 0.1) is 5.02 Å². The number of pyridine rings is 1. The molecule has 0 saturated carbocycles. The molecule has 32 heavy (non-hydrogen) atoms. The van der Waals surface area contributed by atoms with Gasteiger partial charge in [-0.1, -0.05) is 35.9 Å². The van der Waals surface area contributed by atoms with E-state index >= 15 is 0 Å². The summed E-state index contributed by atoms with van der Waals surface area (Å²) in [6.07, 6.45) is 5.75. The van der Waals surface area contributed by atoms with Gasteiger partial charge in [0.15, 0.2) is 0 Å². The number of carbonyl (C=O) groups excluding carboxylic acids is 1. The zero-order chi connectivity index (χ0) is 22.6. The molecule has 0 radical (unpaired) electrons. The molecular weight excluding hydrogens is 448 g/mol. The first-order chi connectivity index (χ1) is 15.4. The van der Waals surface area contributed by atoms with Gasteiger partial charge in [-0.25, -0.2) is 13.1 Å². The maximum Gasteiger partial charge on any atom is 0.251 e. The third kappa shape index (κ3) is 4.99. The van der Waals surface area contributed by atoms with Gasteiger partial charge in [-0.05, 0) is 47.9 Å². The lowest BCUT2D eigenvalue weighted by atomic mass is 10.1. The maximum atomic E-state index is 12.7. The van der Waals surface area contributed by atoms with E-state index in [1.54, 1.807) is 24.5 Å². The molecular formula is C23H21ClN4O3S. The van der Waals surface area contributed by atoms with Gasteiger partial charge in [0.2, 0.25) is 10.0 Å². The second-order valence-electron chi connectivity index (χ2n) is 7.20. The van der Waals surface area contributed by atoms with Crippen LogP contribution in [0.15, 0.2) is 78.1 Å². The number of hydrogen-bond donors (Lipinski definition) is 3. The molecule has 0 saturated heterocycles. The third-order valence-corrected chi connectivity index (χ3v) is 6.91. The molecule has 0 spiro atoms. The van der Waals surface area contributed by atoms with Crippen molar-refractivity contribution in [2.75, 3.05) is 6.54 Å². The van der Waals surface area contributed by atoms with Crippen LogP contribution in [0.2, 0.25) is 5.02 Å². The average molecular weight is 469 g/mol. The van der Waals surface area contributed by atoms with E-state index in [1.807, 2.05) is 30.5 Å². The average Bonchev–Trinajstić information content (AvgIpc) is 3.22. The van der Waals surface area contributed by atoms with E-state index in [4.69, 9.17) is 11.6 Å². The number of rotatable bonds is 8. The normalized spacial score (nSPS) is 11.5. The van der Waals surface area contributed by atoms with E-state index in [1.165, 1.54) is 18.2 Å². The van der Waals surface area contributed by atoms with Crippen LogP contribution in [-0.2, 0) is 23.0 Å². The number of para-hydroxylation sites is 1. The first-order valence-corrected chi connectivity index (χ1v) is 11.8. The number of fused-ring (bicyclic) bond motifs is 1. The summed E-state index contributed by atoms with van der Waals surface area (Å²) in [4.78, 5) is 19.6. The van der Waals surface area contributed by atoms with Crippen molar-refractivity contribution in [1.29, 1.82) is 0 Å². The van der Waals surface area contributed by atoms with Gasteiger partial charge in [0, 0.05) is 48.1 Å². The number of aromatic nitrogens is 2. The lowest BCUT2D eigenvalue weighted by molar-refractivity contribution is 0.0954. The molecule has 0 fully saturated rings. The smallest absolute Gasteiger partial charge is 0.251 e. The second-order valence-corrected chi connectivity index (χ2v) is 9.34. The highest BCUT2D eigenvalue weighted by Gasteiger charge is 2.20. The summed E-state index contributed by atoms with van der Waals surface area (Å²) in [6, 6.07) is 15.6. The molecule has 0 aliphatic rings. The first-order valence-electron chi connectivity index (χ1n) is 9.95. The number of hydrogen-bond acceptors (Lipinski definition) is 4. The van der Waals surface area contributed by atoms with Crippen LogP contribution < -0.4 is 10.0 Å². The molecule has 4 rings (SSSR count). The molecule has 0 aliphatic carbocycles. The van der Waals surface area contributed by atoms with Crippen LogP contribution in [0, 0.1) is 0 Å². The van der Waals surface area contributed by atoms with E-state index in [0.717, 1.165) is 16.5 Å². The van der Waals surface area contributed by atoms with Gasteiger partial charge in [-0.3, -0.25) is 9.78 Å². The zero-order valence-corrected chi connectivity index (χ0v) is 18.6. The summed E-state index contributed by atoms with van der Waals surface area (Å²) in [7, 11) is -3.92. The maximum absolute atomic E-state index is 12.7. The molecule has 0 atom stereocenters. The number of benzene rings is 2. The molecule has 0 aliphatic heterocycles. The number of sulfonamides is 1. The van der Waals surface area contributed by atoms with E-state index in [2.05, 4.69) is 20.0 Å². The van der Waals surface area contributed by atoms with Crippen molar-refractivity contribution in [3.8, 4) is 0 Å². The number of aromatic amines is 1. The SMILES string of the molecule is O=C(NCCc1c[nH]c2ccccc12)c1ccc(Cl)c(S(=O)(=O)NCc2cccnc2)c1. The van der Waals surface area contributed by atoms with E-state index < -0.39 is 10.0 Å². The van der Waals surface area contributed by atoms with Crippen molar-refractivity contribution < 1.29 is 13.2 Å². The number of amides is 1. The summed E-state index contributed by atoms with van der Waals surface area (Å²) in [5.74, 6) is -0.370. The fraction of sp³-hybridized carbons (Fsp3) is 0.130. The molecule has 9 heteroatoms. The van der Waals surface area contributed by atoms with E-state index in [-0.39, 0.29) is 27.9 Å². The first kappa shape index (κ1) is 22.0. The number of nitrogens with zero attached hydrogens (tertiary/aromatic N) is 1. The minimum absolute atomic E-state index is 0.0408. The van der Waals surface area contributed by atoms with Crippen LogP contribution in [0.5, 0.6) is 0 Å². The fourth-order valence-electron chi connectivity index (χ4n) is 3.36. The summed E-state index contributed by atoms with van der Waals surface area (Å²) < 4.78 is 28.0. The minimum atomic E-state index is -3.92. The summed E-state index contributed by atoms with van der Waals surface area (Å²) in [5, 5.41) is 3.99. The van der Waals surface area contributed by atoms with Crippen LogP contribution >= 0.6 is 11.6 Å². The predicted octanol–water partition coefficient (Wildman–Crippen LogP) is 3.67. The van der Waals surface area contributed by atoms with E-state index in [9.17, 15) is 13.2 Å². The van der Waals surface area contributed by atoms with Crippen molar-refractivity contribution in [1.82, 2.24) is 20.0 Å². The lowest BCUT2D eigenvalue weighted by Crippen LogP contribution is -2.27. The van der Waals surface area contributed by atoms with Crippen molar-refractivity contribution in [3.05, 3.63) is 94.9 Å². The second kappa shape index (κ2) is 9.52. The Hall–Kier alpha value is -3.20. The monoisotopic (exact) mass is 468 g/mol. The molecule has 1 amide bonds. The molecule has 0 unspecified atom stereocenters. The van der Waals surface area contributed by atoms with Crippen molar-refractivity contribution >= 4 is 38.4 Å². The van der Waals surface area contributed by atoms with Gasteiger partial charge in [-0.2, -0.15) is 0 Å². The lowest BCUT2D eigenvalue weighted by Gasteiger charge is -2.11. The van der Waals surface area contributed by atoms with Crippen LogP contribution in [0.25, 0.3) is 10.9 Å². The Morgan fingerprint density at radius 3 is 2.75 bits per heavy atom. The Balaban J connectivity index is 1.42. The van der Waals surface area contributed by atoms with Gasteiger partial charge < -0.3 is 10.3 Å². The Morgan fingerprint density at radius 1 is 1.09 bits per heavy atom. The van der Waals surface area contributed by atoms with Crippen LogP contribution in [0.4, 0.5) is 0 Å². The van der Waals surface area contributed by atoms with Crippen molar-refractivity contribution in [2.24, 2.45) is 0 Å². The largest absolute Gasteiger partial charge is 0.361 e. The van der Waals surface area contributed by atoms with Gasteiger partial charge in [-0.15, -0.1) is 0 Å². The molecule has 4 aromatic rings. The fourth-order valence-corrected chi connectivity index (χ4v) is 4.90. The number of H-pyrrole nitrogens is 1. The highest BCUT2D eigenvalue weighted by atomic mass is 35.5. The number of halogens is 1. The molecule has 7 nitrogen and oxygen atoms in total. The predicted molar refractivity (Wildman–Crippen MR) is 124 cm³/mol. The van der Waals surface area contributed by atoms with E-state index in [0.29, 0.717) is 18.5 Å². The third-order valence-electron chi connectivity index (χ3n) is 5.03. The molecule has 0 bridgehead atoms. The molecule has 2 heterocycles. The highest BCUT2D eigenvalue weighted by molar-refractivity contribution is 7.89. The standard InChI is InChI=1S/C23H21ClN4O3S/c24-20-8-7-17(12-22(20)32(30,31)28-14-16-4-3-10-25-13-16)23(29)26-11-9-18-15-27-21-6-2-1-5-19(18)21/h1-8,10,12-13,15,27-28H,9,11,14H2,(H,26,29). The van der Waals surface area contributed by atoms with Crippen molar-refractivity contribution in [2.45, 2.75) is 17.9 Å². The highest BCUT2D eigenvalue weighted by Crippen LogP contribution is 2.23. The number of carbonyl (C=O) groups is 1. The van der Waals surface area contributed by atoms with Crippen molar-refractivity contribution in [3.63, 3.8) is 0 Å². The quantitative estimate of drug-likeness (QED) is 0.367. The minimum Gasteiger partial charge on any atom is -0.361 e. The van der Waals surface area contributed by atoms with Gasteiger partial charge in [0.1, 0.15) is 4.90 Å². The van der Waals surface area contributed by atoms with Gasteiger partial charge >= 0.3 is 0 Å². The molecule has 164 valence electrons. The van der Waals surface area contributed by atoms with Gasteiger partial charge in [0.25, 0.3) is 5.91 Å². The van der Waals surface area contributed by atoms with Crippen LogP contribution in [0.1, 0.15) is 21.5 Å². The Morgan fingerprint density at radius 2 is 1.94 bits per heavy atom. The summed E-state index contributed by atoms with van der Waals surface area (Å²) in [5.41, 5.74) is 3.06. The topological polar surface area (TPSA) is 104 Å². The molecule has 2 aromatic heterocycles.